The fraction of sp³-hybridized carbons (Fsp3) is 0.462. The van der Waals surface area contributed by atoms with E-state index in [-0.39, 0.29) is 28.6 Å². The summed E-state index contributed by atoms with van der Waals surface area (Å²) in [5, 5.41) is 10.1. The molecule has 2 rings (SSSR count). The van der Waals surface area contributed by atoms with Crippen LogP contribution in [0.5, 0.6) is 0 Å². The minimum Gasteiger partial charge on any atom is -0.390 e. The van der Waals surface area contributed by atoms with Gasteiger partial charge in [0.1, 0.15) is 0 Å². The SMILES string of the molecule is CC1(O)CCN(S(=O)(=O)c2ccc(Cl)c(C=O)c2)CC1. The number of carbonyl (C=O) groups is 1. The molecule has 0 atom stereocenters. The maximum atomic E-state index is 12.5. The second kappa shape index (κ2) is 5.44. The first-order valence-electron chi connectivity index (χ1n) is 6.23. The number of nitrogens with zero attached hydrogens (tertiary/aromatic N) is 1. The van der Waals surface area contributed by atoms with Gasteiger partial charge in [-0.15, -0.1) is 0 Å². The summed E-state index contributed by atoms with van der Waals surface area (Å²) in [7, 11) is -3.66. The lowest BCUT2D eigenvalue weighted by molar-refractivity contribution is 0.0126. The summed E-state index contributed by atoms with van der Waals surface area (Å²) in [6.07, 6.45) is 1.31. The van der Waals surface area contributed by atoms with Crippen LogP contribution < -0.4 is 0 Å². The zero-order valence-corrected chi connectivity index (χ0v) is 12.6. The third-order valence-corrected chi connectivity index (χ3v) is 5.77. The van der Waals surface area contributed by atoms with E-state index in [4.69, 9.17) is 11.6 Å². The molecule has 20 heavy (non-hydrogen) atoms. The van der Waals surface area contributed by atoms with Gasteiger partial charge in [0, 0.05) is 18.7 Å². The molecule has 7 heteroatoms. The van der Waals surface area contributed by atoms with Crippen LogP contribution in [0.4, 0.5) is 0 Å². The zero-order valence-electron chi connectivity index (χ0n) is 11.0. The molecule has 0 unspecified atom stereocenters. The first-order valence-corrected chi connectivity index (χ1v) is 8.05. The molecule has 1 aliphatic heterocycles. The quantitative estimate of drug-likeness (QED) is 0.861. The van der Waals surface area contributed by atoms with Crippen molar-refractivity contribution in [2.75, 3.05) is 13.1 Å². The van der Waals surface area contributed by atoms with E-state index in [0.29, 0.717) is 19.1 Å². The van der Waals surface area contributed by atoms with Crippen molar-refractivity contribution in [3.63, 3.8) is 0 Å². The van der Waals surface area contributed by atoms with Crippen molar-refractivity contribution in [3.05, 3.63) is 28.8 Å². The minimum absolute atomic E-state index is 0.0468. The summed E-state index contributed by atoms with van der Waals surface area (Å²) in [5.74, 6) is 0. The predicted molar refractivity (Wildman–Crippen MR) is 75.5 cm³/mol. The Balaban J connectivity index is 2.29. The molecule has 5 nitrogen and oxygen atoms in total. The summed E-state index contributed by atoms with van der Waals surface area (Å²) < 4.78 is 26.2. The van der Waals surface area contributed by atoms with Crippen molar-refractivity contribution < 1.29 is 18.3 Å². The van der Waals surface area contributed by atoms with Crippen LogP contribution in [0.25, 0.3) is 0 Å². The fourth-order valence-electron chi connectivity index (χ4n) is 2.13. The first kappa shape index (κ1) is 15.4. The molecule has 0 bridgehead atoms. The summed E-state index contributed by atoms with van der Waals surface area (Å²) in [4.78, 5) is 10.9. The van der Waals surface area contributed by atoms with Gasteiger partial charge in [-0.3, -0.25) is 4.79 Å². The van der Waals surface area contributed by atoms with E-state index in [1.54, 1.807) is 6.92 Å². The number of benzene rings is 1. The summed E-state index contributed by atoms with van der Waals surface area (Å²) in [6.45, 7) is 2.21. The summed E-state index contributed by atoms with van der Waals surface area (Å²) in [6, 6.07) is 4.06. The highest BCUT2D eigenvalue weighted by atomic mass is 35.5. The van der Waals surface area contributed by atoms with Gasteiger partial charge >= 0.3 is 0 Å². The average molecular weight is 318 g/mol. The van der Waals surface area contributed by atoms with Gasteiger partial charge in [-0.1, -0.05) is 11.6 Å². The molecule has 110 valence electrons. The topological polar surface area (TPSA) is 74.7 Å². The number of hydrogen-bond acceptors (Lipinski definition) is 4. The van der Waals surface area contributed by atoms with Crippen molar-refractivity contribution in [1.29, 1.82) is 0 Å². The number of sulfonamides is 1. The second-order valence-electron chi connectivity index (χ2n) is 5.20. The Bertz CT molecular complexity index is 617. The van der Waals surface area contributed by atoms with Gasteiger partial charge in [-0.05, 0) is 38.0 Å². The fourth-order valence-corrected chi connectivity index (χ4v) is 3.77. The van der Waals surface area contributed by atoms with Crippen molar-refractivity contribution in [2.45, 2.75) is 30.3 Å². The number of aliphatic hydroxyl groups is 1. The van der Waals surface area contributed by atoms with Gasteiger partial charge in [0.15, 0.2) is 6.29 Å². The predicted octanol–water partition coefficient (Wildman–Crippen LogP) is 1.69. The van der Waals surface area contributed by atoms with E-state index >= 15 is 0 Å². The Morgan fingerprint density at radius 2 is 1.95 bits per heavy atom. The van der Waals surface area contributed by atoms with Crippen LogP contribution in [0.15, 0.2) is 23.1 Å². The Kier molecular flexibility index (Phi) is 4.20. The maximum absolute atomic E-state index is 12.5. The molecule has 1 fully saturated rings. The molecule has 0 radical (unpaired) electrons. The van der Waals surface area contributed by atoms with Gasteiger partial charge < -0.3 is 5.11 Å². The van der Waals surface area contributed by atoms with Crippen molar-refractivity contribution in [1.82, 2.24) is 4.31 Å². The van der Waals surface area contributed by atoms with Crippen LogP contribution in [-0.2, 0) is 10.0 Å². The van der Waals surface area contributed by atoms with E-state index in [2.05, 4.69) is 0 Å². The molecule has 0 aliphatic carbocycles. The number of piperidine rings is 1. The molecule has 0 spiro atoms. The minimum atomic E-state index is -3.66. The lowest BCUT2D eigenvalue weighted by atomic mass is 9.95. The van der Waals surface area contributed by atoms with E-state index < -0.39 is 15.6 Å². The molecule has 0 amide bonds. The van der Waals surface area contributed by atoms with Crippen LogP contribution in [0.2, 0.25) is 5.02 Å². The lowest BCUT2D eigenvalue weighted by Gasteiger charge is -2.35. The van der Waals surface area contributed by atoms with Crippen LogP contribution in [-0.4, -0.2) is 42.8 Å². The van der Waals surface area contributed by atoms with Gasteiger partial charge in [0.25, 0.3) is 0 Å². The lowest BCUT2D eigenvalue weighted by Crippen LogP contribution is -2.45. The molecule has 1 saturated heterocycles. The Hall–Kier alpha value is -0.950. The molecule has 0 aromatic heterocycles. The van der Waals surface area contributed by atoms with Crippen molar-refractivity contribution in [3.8, 4) is 0 Å². The van der Waals surface area contributed by atoms with Crippen LogP contribution >= 0.6 is 11.6 Å². The molecular formula is C13H16ClNO4S. The van der Waals surface area contributed by atoms with Gasteiger partial charge in [0.05, 0.1) is 15.5 Å². The van der Waals surface area contributed by atoms with Crippen molar-refractivity contribution >= 4 is 27.9 Å². The smallest absolute Gasteiger partial charge is 0.243 e. The standard InChI is InChI=1S/C13H16ClNO4S/c1-13(17)4-6-15(7-5-13)20(18,19)11-2-3-12(14)10(8-11)9-16/h2-3,8-9,17H,4-7H2,1H3. The monoisotopic (exact) mass is 317 g/mol. The molecule has 1 aliphatic rings. The molecule has 1 aromatic rings. The maximum Gasteiger partial charge on any atom is 0.243 e. The third-order valence-electron chi connectivity index (χ3n) is 3.53. The van der Waals surface area contributed by atoms with Crippen LogP contribution in [0, 0.1) is 0 Å². The largest absolute Gasteiger partial charge is 0.390 e. The van der Waals surface area contributed by atoms with E-state index in [1.165, 1.54) is 22.5 Å². The second-order valence-corrected chi connectivity index (χ2v) is 7.55. The Morgan fingerprint density at radius 1 is 1.35 bits per heavy atom. The number of carbonyl (C=O) groups excluding carboxylic acids is 1. The highest BCUT2D eigenvalue weighted by Crippen LogP contribution is 2.27. The van der Waals surface area contributed by atoms with Crippen LogP contribution in [0.1, 0.15) is 30.1 Å². The average Bonchev–Trinajstić information content (AvgIpc) is 2.38. The molecule has 1 heterocycles. The number of rotatable bonds is 3. The molecule has 1 aromatic carbocycles. The first-order chi connectivity index (χ1) is 9.26. The van der Waals surface area contributed by atoms with E-state index in [0.717, 1.165) is 0 Å². The van der Waals surface area contributed by atoms with Gasteiger partial charge in [-0.25, -0.2) is 8.42 Å². The summed E-state index contributed by atoms with van der Waals surface area (Å²) >= 11 is 5.80. The zero-order chi connectivity index (χ0) is 15.0. The molecule has 1 N–H and O–H groups in total. The van der Waals surface area contributed by atoms with Crippen molar-refractivity contribution in [2.24, 2.45) is 0 Å². The van der Waals surface area contributed by atoms with Gasteiger partial charge in [0.2, 0.25) is 10.0 Å². The molecule has 0 saturated carbocycles. The third kappa shape index (κ3) is 3.03. The van der Waals surface area contributed by atoms with Crippen LogP contribution in [0.3, 0.4) is 0 Å². The van der Waals surface area contributed by atoms with Gasteiger partial charge in [-0.2, -0.15) is 4.31 Å². The normalized spacial score (nSPS) is 19.8. The molecular weight excluding hydrogens is 302 g/mol. The van der Waals surface area contributed by atoms with E-state index in [1.807, 2.05) is 0 Å². The Morgan fingerprint density at radius 3 is 2.50 bits per heavy atom. The number of aldehydes is 1. The highest BCUT2D eigenvalue weighted by molar-refractivity contribution is 7.89. The summed E-state index contributed by atoms with van der Waals surface area (Å²) in [5.41, 5.74) is -0.670. The van der Waals surface area contributed by atoms with E-state index in [9.17, 15) is 18.3 Å². The highest BCUT2D eigenvalue weighted by Gasteiger charge is 2.34. The number of halogens is 1. The number of hydrogen-bond donors (Lipinski definition) is 1. The Labute approximate surface area is 123 Å².